The van der Waals surface area contributed by atoms with Gasteiger partial charge in [0.2, 0.25) is 5.43 Å². The van der Waals surface area contributed by atoms with Gasteiger partial charge in [-0.05, 0) is 0 Å². The van der Waals surface area contributed by atoms with Crippen molar-refractivity contribution in [2.45, 2.75) is 19.0 Å². The summed E-state index contributed by atoms with van der Waals surface area (Å²) >= 11 is 0. The number of halogens is 5. The Hall–Kier alpha value is -1.91. The number of hydrogen-bond donors (Lipinski definition) is 1. The number of hydrogen-bond acceptors (Lipinski definition) is 2. The van der Waals surface area contributed by atoms with Crippen LogP contribution >= 0.6 is 0 Å². The number of nitriles is 1. The van der Waals surface area contributed by atoms with Crippen molar-refractivity contribution in [2.75, 3.05) is 0 Å². The van der Waals surface area contributed by atoms with Gasteiger partial charge in [-0.15, -0.1) is 0 Å². The standard InChI is InChI=1S/C9H5F5N2O/c10-8(11)4-3-16-5(1-2-15)6(7(4)17)9(12,13)14/h3,8H,1H2,(H,16,17). The smallest absolute Gasteiger partial charge is 0.363 e. The lowest BCUT2D eigenvalue weighted by molar-refractivity contribution is -0.139. The summed E-state index contributed by atoms with van der Waals surface area (Å²) in [5, 5.41) is 8.29. The lowest BCUT2D eigenvalue weighted by Crippen LogP contribution is -2.26. The molecular weight excluding hydrogens is 247 g/mol. The highest BCUT2D eigenvalue weighted by Crippen LogP contribution is 2.30. The van der Waals surface area contributed by atoms with Gasteiger partial charge in [0.15, 0.2) is 0 Å². The summed E-state index contributed by atoms with van der Waals surface area (Å²) < 4.78 is 62.0. The van der Waals surface area contributed by atoms with Crippen molar-refractivity contribution in [2.24, 2.45) is 0 Å². The van der Waals surface area contributed by atoms with Crippen LogP contribution in [0.2, 0.25) is 0 Å². The number of nitrogens with one attached hydrogen (secondary N) is 1. The highest BCUT2D eigenvalue weighted by molar-refractivity contribution is 5.30. The Morgan fingerprint density at radius 2 is 2.00 bits per heavy atom. The molecule has 0 saturated heterocycles. The van der Waals surface area contributed by atoms with Gasteiger partial charge >= 0.3 is 6.18 Å². The maximum Gasteiger partial charge on any atom is 0.421 e. The first-order valence-electron chi connectivity index (χ1n) is 4.25. The molecule has 0 unspecified atom stereocenters. The quantitative estimate of drug-likeness (QED) is 0.821. The van der Waals surface area contributed by atoms with E-state index in [0.717, 1.165) is 0 Å². The largest absolute Gasteiger partial charge is 0.421 e. The van der Waals surface area contributed by atoms with E-state index in [1.54, 1.807) is 0 Å². The van der Waals surface area contributed by atoms with Crippen LogP contribution in [0.15, 0.2) is 11.0 Å². The van der Waals surface area contributed by atoms with Gasteiger partial charge in [0, 0.05) is 11.9 Å². The highest BCUT2D eigenvalue weighted by atomic mass is 19.4. The van der Waals surface area contributed by atoms with E-state index in [1.807, 2.05) is 4.98 Å². The van der Waals surface area contributed by atoms with Crippen molar-refractivity contribution >= 4 is 0 Å². The monoisotopic (exact) mass is 252 g/mol. The molecule has 8 heteroatoms. The Morgan fingerprint density at radius 3 is 2.41 bits per heavy atom. The predicted octanol–water partition coefficient (Wildman–Crippen LogP) is 2.40. The molecule has 0 saturated carbocycles. The first-order chi connectivity index (χ1) is 7.79. The maximum absolute atomic E-state index is 12.5. The second-order valence-electron chi connectivity index (χ2n) is 3.06. The summed E-state index contributed by atoms with van der Waals surface area (Å²) in [6.07, 6.45) is -8.61. The summed E-state index contributed by atoms with van der Waals surface area (Å²) in [4.78, 5) is 13.1. The van der Waals surface area contributed by atoms with Gasteiger partial charge in [-0.3, -0.25) is 4.79 Å². The molecule has 0 aromatic carbocycles. The second kappa shape index (κ2) is 4.53. The zero-order chi connectivity index (χ0) is 13.2. The van der Waals surface area contributed by atoms with Gasteiger partial charge in [0.05, 0.1) is 18.1 Å². The Morgan fingerprint density at radius 1 is 1.41 bits per heavy atom. The van der Waals surface area contributed by atoms with Crippen molar-refractivity contribution in [3.63, 3.8) is 0 Å². The van der Waals surface area contributed by atoms with E-state index in [2.05, 4.69) is 0 Å². The minimum Gasteiger partial charge on any atom is -0.363 e. The summed E-state index contributed by atoms with van der Waals surface area (Å²) in [5.41, 5.74) is -5.51. The summed E-state index contributed by atoms with van der Waals surface area (Å²) in [5.74, 6) is 0. The van der Waals surface area contributed by atoms with Crippen molar-refractivity contribution in [3.8, 4) is 6.07 Å². The molecule has 0 bridgehead atoms. The second-order valence-corrected chi connectivity index (χ2v) is 3.06. The van der Waals surface area contributed by atoms with Crippen LogP contribution in [-0.2, 0) is 12.6 Å². The molecule has 0 amide bonds. The van der Waals surface area contributed by atoms with E-state index < -0.39 is 41.3 Å². The van der Waals surface area contributed by atoms with Gasteiger partial charge < -0.3 is 4.98 Å². The first-order valence-corrected chi connectivity index (χ1v) is 4.25. The number of nitrogens with zero attached hydrogens (tertiary/aromatic N) is 1. The van der Waals surface area contributed by atoms with Crippen LogP contribution in [0, 0.1) is 11.3 Å². The van der Waals surface area contributed by atoms with Gasteiger partial charge in [0.25, 0.3) is 6.43 Å². The topological polar surface area (TPSA) is 56.6 Å². The Bertz CT molecular complexity index is 512. The molecule has 1 aromatic heterocycles. The lowest BCUT2D eigenvalue weighted by Gasteiger charge is -2.11. The fourth-order valence-electron chi connectivity index (χ4n) is 1.26. The van der Waals surface area contributed by atoms with Crippen LogP contribution in [0.5, 0.6) is 0 Å². The molecule has 0 radical (unpaired) electrons. The third kappa shape index (κ3) is 2.61. The molecule has 0 aliphatic heterocycles. The third-order valence-corrected chi connectivity index (χ3v) is 1.97. The number of H-pyrrole nitrogens is 1. The van der Waals surface area contributed by atoms with Gasteiger partial charge in [-0.2, -0.15) is 18.4 Å². The first kappa shape index (κ1) is 13.2. The van der Waals surface area contributed by atoms with Crippen LogP contribution in [0.25, 0.3) is 0 Å². The summed E-state index contributed by atoms with van der Waals surface area (Å²) in [7, 11) is 0. The molecule has 0 spiro atoms. The molecule has 17 heavy (non-hydrogen) atoms. The minimum atomic E-state index is -5.08. The minimum absolute atomic E-state index is 0.495. The van der Waals surface area contributed by atoms with E-state index in [9.17, 15) is 26.7 Å². The Labute approximate surface area is 91.5 Å². The number of pyridine rings is 1. The molecule has 0 aliphatic carbocycles. The summed E-state index contributed by atoms with van der Waals surface area (Å²) in [6.45, 7) is 0. The van der Waals surface area contributed by atoms with Crippen LogP contribution in [0.3, 0.4) is 0 Å². The van der Waals surface area contributed by atoms with Crippen LogP contribution in [0.4, 0.5) is 22.0 Å². The molecule has 1 rings (SSSR count). The van der Waals surface area contributed by atoms with Crippen molar-refractivity contribution in [1.29, 1.82) is 5.26 Å². The van der Waals surface area contributed by atoms with Crippen molar-refractivity contribution in [1.82, 2.24) is 4.98 Å². The van der Waals surface area contributed by atoms with Crippen molar-refractivity contribution < 1.29 is 22.0 Å². The molecule has 0 aliphatic rings. The normalized spacial score (nSPS) is 11.6. The SMILES string of the molecule is N#CCc1[nH]cc(C(F)F)c(=O)c1C(F)(F)F. The van der Waals surface area contributed by atoms with Crippen molar-refractivity contribution in [3.05, 3.63) is 33.2 Å². The molecule has 0 atom stereocenters. The molecule has 1 aromatic rings. The zero-order valence-electron chi connectivity index (χ0n) is 8.11. The van der Waals surface area contributed by atoms with E-state index in [0.29, 0.717) is 6.20 Å². The molecule has 0 fully saturated rings. The number of aromatic amines is 1. The van der Waals surface area contributed by atoms with E-state index >= 15 is 0 Å². The van der Waals surface area contributed by atoms with Gasteiger partial charge in [0.1, 0.15) is 5.56 Å². The highest BCUT2D eigenvalue weighted by Gasteiger charge is 2.38. The molecule has 92 valence electrons. The Kier molecular flexibility index (Phi) is 3.50. The van der Waals surface area contributed by atoms with Crippen LogP contribution in [0.1, 0.15) is 23.2 Å². The van der Waals surface area contributed by atoms with Gasteiger partial charge in [-0.1, -0.05) is 0 Å². The fourth-order valence-corrected chi connectivity index (χ4v) is 1.26. The van der Waals surface area contributed by atoms with Gasteiger partial charge in [-0.25, -0.2) is 8.78 Å². The molecule has 1 N–H and O–H groups in total. The van der Waals surface area contributed by atoms with E-state index in [-0.39, 0.29) is 0 Å². The third-order valence-electron chi connectivity index (χ3n) is 1.97. The average Bonchev–Trinajstić information content (AvgIpc) is 2.15. The average molecular weight is 252 g/mol. The zero-order valence-corrected chi connectivity index (χ0v) is 8.11. The predicted molar refractivity (Wildman–Crippen MR) is 46.3 cm³/mol. The molecular formula is C9H5F5N2O. The van der Waals surface area contributed by atoms with E-state index in [1.165, 1.54) is 6.07 Å². The maximum atomic E-state index is 12.5. The van der Waals surface area contributed by atoms with Crippen LogP contribution < -0.4 is 5.43 Å². The summed E-state index contributed by atoms with van der Waals surface area (Å²) in [6, 6.07) is 1.41. The molecule has 1 heterocycles. The van der Waals surface area contributed by atoms with E-state index in [4.69, 9.17) is 5.26 Å². The molecule has 3 nitrogen and oxygen atoms in total. The van der Waals surface area contributed by atoms with Crippen LogP contribution in [-0.4, -0.2) is 4.98 Å². The number of rotatable bonds is 2. The lowest BCUT2D eigenvalue weighted by atomic mass is 10.1. The fraction of sp³-hybridized carbons (Fsp3) is 0.333. The number of aromatic nitrogens is 1. The Balaban J connectivity index is 3.55. The number of alkyl halides is 5.